The van der Waals surface area contributed by atoms with Crippen LogP contribution in [0.5, 0.6) is 5.75 Å². The van der Waals surface area contributed by atoms with Crippen LogP contribution in [-0.2, 0) is 11.2 Å². The third kappa shape index (κ3) is 5.54. The molecule has 0 aliphatic rings. The summed E-state index contributed by atoms with van der Waals surface area (Å²) >= 11 is 2.49. The third-order valence-electron chi connectivity index (χ3n) is 5.40. The van der Waals surface area contributed by atoms with E-state index in [0.29, 0.717) is 18.6 Å². The minimum absolute atomic E-state index is 0.395. The van der Waals surface area contributed by atoms with Gasteiger partial charge in [0.2, 0.25) is 0 Å². The van der Waals surface area contributed by atoms with Gasteiger partial charge in [-0.25, -0.2) is 0 Å². The first-order chi connectivity index (χ1) is 16.5. The molecule has 7 heteroatoms. The van der Waals surface area contributed by atoms with Gasteiger partial charge in [0.05, 0.1) is 0 Å². The van der Waals surface area contributed by atoms with Crippen molar-refractivity contribution in [2.45, 2.75) is 12.5 Å². The van der Waals surface area contributed by atoms with E-state index in [2.05, 4.69) is 30.3 Å². The van der Waals surface area contributed by atoms with Crippen LogP contribution in [0.15, 0.2) is 77.8 Å². The second-order valence-electron chi connectivity index (χ2n) is 7.95. The van der Waals surface area contributed by atoms with Gasteiger partial charge in [0.15, 0.2) is 5.75 Å². The molecule has 0 fully saturated rings. The van der Waals surface area contributed by atoms with Gasteiger partial charge in [0, 0.05) is 14.1 Å². The third-order valence-corrected chi connectivity index (χ3v) is 8.14. The summed E-state index contributed by atoms with van der Waals surface area (Å²) in [6.45, 7) is 0.448. The summed E-state index contributed by atoms with van der Waals surface area (Å²) in [5, 5.41) is 10.9. The maximum absolute atomic E-state index is 10.8. The molecule has 34 heavy (non-hydrogen) atoms. The van der Waals surface area contributed by atoms with Gasteiger partial charge in [-0.05, 0) is 0 Å². The molecule has 1 heterocycles. The molecule has 1 atom stereocenters. The molecule has 0 saturated heterocycles. The number of nitrogens with zero attached hydrogens (tertiary/aromatic N) is 3. The molecule has 3 radical (unpaired) electrons. The van der Waals surface area contributed by atoms with Crippen molar-refractivity contribution < 1.29 is 9.53 Å². The molecule has 0 amide bonds. The SMILES string of the molecule is CN(C)c1cc(-c2ccc3cc(CC(C#N)N=[C]([Pb])c4ccccc4)sc3c2)ccc1OC=O. The number of benzene rings is 3. The molecule has 0 aliphatic heterocycles. The molecule has 4 rings (SSSR count). The van der Waals surface area contributed by atoms with E-state index in [0.717, 1.165) is 61.7 Å². The van der Waals surface area contributed by atoms with Crippen molar-refractivity contribution in [2.24, 2.45) is 4.99 Å². The predicted octanol–water partition coefficient (Wildman–Crippen LogP) is 5.22. The fourth-order valence-corrected chi connectivity index (χ4v) is 6.10. The summed E-state index contributed by atoms with van der Waals surface area (Å²) in [5.74, 6) is 0.528. The molecule has 1 unspecified atom stereocenters. The zero-order chi connectivity index (χ0) is 24.1. The number of hydrogen-bond acceptors (Lipinski definition) is 6. The van der Waals surface area contributed by atoms with Crippen LogP contribution < -0.4 is 9.64 Å². The van der Waals surface area contributed by atoms with Crippen LogP contribution in [-0.4, -0.2) is 55.6 Å². The second-order valence-corrected chi connectivity index (χ2v) is 11.0. The zero-order valence-electron chi connectivity index (χ0n) is 18.9. The molecule has 0 aliphatic carbocycles. The smallest absolute Gasteiger partial charge is 0.427 e. The Morgan fingerprint density at radius 1 is 1.12 bits per heavy atom. The molecule has 5 nitrogen and oxygen atoms in total. The van der Waals surface area contributed by atoms with Crippen molar-refractivity contribution >= 4 is 62.6 Å². The number of nitriles is 1. The van der Waals surface area contributed by atoms with Gasteiger partial charge in [-0.3, -0.25) is 4.79 Å². The molecule has 4 aromatic rings. The van der Waals surface area contributed by atoms with E-state index in [9.17, 15) is 10.1 Å². The van der Waals surface area contributed by atoms with Crippen molar-refractivity contribution in [3.05, 3.63) is 83.2 Å². The molecule has 0 N–H and O–H groups in total. The van der Waals surface area contributed by atoms with E-state index in [1.54, 1.807) is 11.3 Å². The van der Waals surface area contributed by atoms with Crippen molar-refractivity contribution in [3.8, 4) is 22.9 Å². The average Bonchev–Trinajstić information content (AvgIpc) is 3.26. The monoisotopic (exact) mass is 660 g/mol. The Balaban J connectivity index is 1.59. The van der Waals surface area contributed by atoms with Crippen LogP contribution >= 0.6 is 11.3 Å². The molecular formula is C27H22N3O2PbS. The van der Waals surface area contributed by atoms with E-state index in [4.69, 9.17) is 9.73 Å². The summed E-state index contributed by atoms with van der Waals surface area (Å²) in [6, 6.07) is 26.4. The Morgan fingerprint density at radius 3 is 2.56 bits per heavy atom. The molecule has 167 valence electrons. The Kier molecular flexibility index (Phi) is 7.75. The fraction of sp³-hybridized carbons (Fsp3) is 0.148. The van der Waals surface area contributed by atoms with Gasteiger partial charge in [0.25, 0.3) is 6.47 Å². The quantitative estimate of drug-likeness (QED) is 0.148. The molecule has 0 saturated carbocycles. The van der Waals surface area contributed by atoms with Crippen LogP contribution in [0.1, 0.15) is 10.4 Å². The van der Waals surface area contributed by atoms with Crippen LogP contribution in [0.4, 0.5) is 5.69 Å². The molecule has 0 spiro atoms. The number of carbonyl (C=O) groups excluding carboxylic acids is 1. The topological polar surface area (TPSA) is 65.7 Å². The number of fused-ring (bicyclic) bond motifs is 1. The number of aliphatic imine (C=N–C) groups is 1. The van der Waals surface area contributed by atoms with Crippen molar-refractivity contribution in [3.63, 3.8) is 0 Å². The molecule has 1 aromatic heterocycles. The number of anilines is 1. The van der Waals surface area contributed by atoms with Crippen molar-refractivity contribution in [2.75, 3.05) is 19.0 Å². The fourth-order valence-electron chi connectivity index (χ4n) is 3.70. The Labute approximate surface area is 219 Å². The summed E-state index contributed by atoms with van der Waals surface area (Å²) in [7, 11) is 3.84. The van der Waals surface area contributed by atoms with Gasteiger partial charge < -0.3 is 9.64 Å². The minimum Gasteiger partial charge on any atom is -0.427 e. The van der Waals surface area contributed by atoms with Crippen molar-refractivity contribution in [1.82, 2.24) is 0 Å². The van der Waals surface area contributed by atoms with Crippen LogP contribution in [0.25, 0.3) is 21.2 Å². The molecule has 0 bridgehead atoms. The number of carbonyl (C=O) groups is 1. The van der Waals surface area contributed by atoms with E-state index in [1.807, 2.05) is 67.5 Å². The number of rotatable bonds is 8. The average molecular weight is 660 g/mol. The Bertz CT molecular complexity index is 1390. The first kappa shape index (κ1) is 24.1. The van der Waals surface area contributed by atoms with Gasteiger partial charge in [0.1, 0.15) is 0 Å². The second kappa shape index (κ2) is 10.9. The Hall–Kier alpha value is -3.03. The maximum atomic E-state index is 10.8. The van der Waals surface area contributed by atoms with Crippen LogP contribution in [0.3, 0.4) is 0 Å². The standard InChI is InChI=1S/C27H22N3O2S.Pb/c1-30(2)25-13-20(10-11-26(25)32-18-31)21-8-9-22-12-24(33-27(22)14-21)15-23(16-28)29-17-19-6-4-3-5-7-19;/h3-14,18,23H,15H2,1-2H3;. The first-order valence-corrected chi connectivity index (χ1v) is 13.4. The predicted molar refractivity (Wildman–Crippen MR) is 140 cm³/mol. The first-order valence-electron chi connectivity index (χ1n) is 10.7. The van der Waals surface area contributed by atoms with Gasteiger partial charge in [-0.1, -0.05) is 0 Å². The summed E-state index contributed by atoms with van der Waals surface area (Å²) in [6.07, 6.45) is 0.603. The normalized spacial score (nSPS) is 12.2. The Morgan fingerprint density at radius 2 is 1.85 bits per heavy atom. The van der Waals surface area contributed by atoms with E-state index >= 15 is 0 Å². The number of ether oxygens (including phenoxy) is 1. The molecule has 3 aromatic carbocycles. The van der Waals surface area contributed by atoms with E-state index < -0.39 is 6.04 Å². The minimum atomic E-state index is -0.395. The van der Waals surface area contributed by atoms with Crippen molar-refractivity contribution in [1.29, 1.82) is 5.26 Å². The number of hydrogen-bond donors (Lipinski definition) is 0. The molecular weight excluding hydrogens is 638 g/mol. The zero-order valence-corrected chi connectivity index (χ0v) is 23.6. The van der Waals surface area contributed by atoms with Gasteiger partial charge in [-0.2, -0.15) is 0 Å². The van der Waals surface area contributed by atoms with E-state index in [1.165, 1.54) is 4.70 Å². The summed E-state index contributed by atoms with van der Waals surface area (Å²) < 4.78 is 7.29. The van der Waals surface area contributed by atoms with E-state index in [-0.39, 0.29) is 0 Å². The number of thiophene rings is 1. The summed E-state index contributed by atoms with van der Waals surface area (Å²) in [5.41, 5.74) is 4.06. The van der Waals surface area contributed by atoms with Crippen LogP contribution in [0, 0.1) is 11.3 Å². The van der Waals surface area contributed by atoms with Gasteiger partial charge >= 0.3 is 179 Å². The van der Waals surface area contributed by atoms with Gasteiger partial charge in [-0.15, -0.1) is 0 Å². The van der Waals surface area contributed by atoms with Crippen LogP contribution in [0.2, 0.25) is 0 Å². The summed E-state index contributed by atoms with van der Waals surface area (Å²) in [4.78, 5) is 18.6.